The van der Waals surface area contributed by atoms with Crippen LogP contribution < -0.4 is 10.6 Å². The quantitative estimate of drug-likeness (QED) is 0.217. The van der Waals surface area contributed by atoms with Crippen LogP contribution in [-0.4, -0.2) is 65.4 Å². The standard InChI is InChI=1S/C25H33N5O4/c1-16(2)19-14-20(23(32)15-22(19)31)24(26)30(25(27)33)18-5-6-21-17(13-18)7-8-29(21)10-12-34-11-9-28(3)4/h5-8,13-16,26,31-32H,9-12H2,1-4H3,(H2,27,33). The lowest BCUT2D eigenvalue weighted by atomic mass is 9.98. The number of carbonyl (C=O) groups excluding carboxylic acids is 1. The van der Waals surface area contributed by atoms with Gasteiger partial charge in [0.1, 0.15) is 17.3 Å². The lowest BCUT2D eigenvalue weighted by Gasteiger charge is -2.23. The molecule has 2 amide bonds. The SMILES string of the molecule is CC(C)c1cc(C(=N)N(C(N)=O)c2ccc3c(ccn3CCOCCN(C)C)c2)c(O)cc1O. The van der Waals surface area contributed by atoms with Gasteiger partial charge in [0.2, 0.25) is 0 Å². The normalized spacial score (nSPS) is 11.5. The first kappa shape index (κ1) is 25.1. The largest absolute Gasteiger partial charge is 0.508 e. The van der Waals surface area contributed by atoms with Gasteiger partial charge in [0.25, 0.3) is 0 Å². The minimum atomic E-state index is -0.850. The first-order valence-corrected chi connectivity index (χ1v) is 11.2. The number of amidine groups is 1. The Morgan fingerprint density at radius 1 is 1.12 bits per heavy atom. The number of hydrogen-bond donors (Lipinski definition) is 4. The van der Waals surface area contributed by atoms with Gasteiger partial charge in [-0.15, -0.1) is 0 Å². The van der Waals surface area contributed by atoms with E-state index < -0.39 is 6.03 Å². The van der Waals surface area contributed by atoms with Crippen molar-refractivity contribution in [2.45, 2.75) is 26.3 Å². The predicted octanol–water partition coefficient (Wildman–Crippen LogP) is 3.66. The van der Waals surface area contributed by atoms with E-state index >= 15 is 0 Å². The number of phenolic OH excluding ortho intramolecular Hbond substituents is 2. The maximum Gasteiger partial charge on any atom is 0.325 e. The van der Waals surface area contributed by atoms with Crippen molar-refractivity contribution < 1.29 is 19.7 Å². The third-order valence-corrected chi connectivity index (χ3v) is 5.64. The van der Waals surface area contributed by atoms with E-state index in [9.17, 15) is 15.0 Å². The Labute approximate surface area is 199 Å². The number of fused-ring (bicyclic) bond motifs is 1. The second-order valence-electron chi connectivity index (χ2n) is 8.77. The maximum absolute atomic E-state index is 12.4. The monoisotopic (exact) mass is 467 g/mol. The summed E-state index contributed by atoms with van der Waals surface area (Å²) < 4.78 is 7.75. The van der Waals surface area contributed by atoms with Gasteiger partial charge in [-0.2, -0.15) is 0 Å². The Balaban J connectivity index is 1.86. The minimum absolute atomic E-state index is 0.0443. The van der Waals surface area contributed by atoms with E-state index in [1.165, 1.54) is 12.1 Å². The summed E-state index contributed by atoms with van der Waals surface area (Å²) in [5.41, 5.74) is 7.67. The molecule has 9 nitrogen and oxygen atoms in total. The molecule has 0 unspecified atom stereocenters. The van der Waals surface area contributed by atoms with E-state index in [-0.39, 0.29) is 28.8 Å². The van der Waals surface area contributed by atoms with E-state index in [1.807, 2.05) is 46.3 Å². The van der Waals surface area contributed by atoms with Gasteiger partial charge in [-0.25, -0.2) is 9.69 Å². The third-order valence-electron chi connectivity index (χ3n) is 5.64. The summed E-state index contributed by atoms with van der Waals surface area (Å²) in [5.74, 6) is -0.695. The zero-order valence-corrected chi connectivity index (χ0v) is 20.1. The molecule has 0 radical (unpaired) electrons. The van der Waals surface area contributed by atoms with Crippen LogP contribution in [0.4, 0.5) is 10.5 Å². The zero-order valence-electron chi connectivity index (χ0n) is 20.1. The molecule has 3 aromatic rings. The number of aromatic nitrogens is 1. The topological polar surface area (TPSA) is 128 Å². The number of phenols is 2. The first-order chi connectivity index (χ1) is 16.1. The number of nitrogens with zero attached hydrogens (tertiary/aromatic N) is 3. The Bertz CT molecular complexity index is 1190. The molecule has 1 aromatic heterocycles. The molecule has 0 aliphatic rings. The lowest BCUT2D eigenvalue weighted by molar-refractivity contribution is 0.111. The summed E-state index contributed by atoms with van der Waals surface area (Å²) in [5, 5.41) is 30.0. The highest BCUT2D eigenvalue weighted by Gasteiger charge is 2.24. The van der Waals surface area contributed by atoms with Crippen molar-refractivity contribution in [3.05, 3.63) is 53.7 Å². The molecule has 2 aromatic carbocycles. The molecule has 182 valence electrons. The second kappa shape index (κ2) is 10.6. The third kappa shape index (κ3) is 5.49. The molecular weight excluding hydrogens is 434 g/mol. The highest BCUT2D eigenvalue weighted by atomic mass is 16.5. The maximum atomic E-state index is 12.4. The molecule has 0 bridgehead atoms. The zero-order chi connectivity index (χ0) is 25.0. The molecule has 5 N–H and O–H groups in total. The van der Waals surface area contributed by atoms with Crippen LogP contribution in [-0.2, 0) is 11.3 Å². The molecule has 34 heavy (non-hydrogen) atoms. The Morgan fingerprint density at radius 2 is 1.85 bits per heavy atom. The fourth-order valence-electron chi connectivity index (χ4n) is 3.77. The molecular formula is C25H33N5O4. The van der Waals surface area contributed by atoms with Gasteiger partial charge < -0.3 is 30.2 Å². The molecule has 0 atom stereocenters. The van der Waals surface area contributed by atoms with Crippen molar-refractivity contribution in [2.75, 3.05) is 38.8 Å². The highest BCUT2D eigenvalue weighted by Crippen LogP contribution is 2.34. The molecule has 0 fully saturated rings. The number of anilines is 1. The fraction of sp³-hybridized carbons (Fsp3) is 0.360. The van der Waals surface area contributed by atoms with Crippen LogP contribution >= 0.6 is 0 Å². The lowest BCUT2D eigenvalue weighted by Crippen LogP contribution is -2.41. The van der Waals surface area contributed by atoms with Crippen molar-refractivity contribution in [1.82, 2.24) is 9.47 Å². The fourth-order valence-corrected chi connectivity index (χ4v) is 3.77. The second-order valence-corrected chi connectivity index (χ2v) is 8.77. The summed E-state index contributed by atoms with van der Waals surface area (Å²) in [7, 11) is 4.00. The van der Waals surface area contributed by atoms with Gasteiger partial charge >= 0.3 is 6.03 Å². The average molecular weight is 468 g/mol. The molecule has 9 heteroatoms. The van der Waals surface area contributed by atoms with Crippen molar-refractivity contribution in [1.29, 1.82) is 5.41 Å². The molecule has 0 saturated heterocycles. The van der Waals surface area contributed by atoms with Gasteiger partial charge in [0, 0.05) is 36.3 Å². The Morgan fingerprint density at radius 3 is 2.50 bits per heavy atom. The molecule has 0 aliphatic carbocycles. The van der Waals surface area contributed by atoms with Gasteiger partial charge in [-0.1, -0.05) is 13.8 Å². The van der Waals surface area contributed by atoms with Crippen molar-refractivity contribution in [3.63, 3.8) is 0 Å². The minimum Gasteiger partial charge on any atom is -0.508 e. The van der Waals surface area contributed by atoms with E-state index in [0.29, 0.717) is 31.0 Å². The van der Waals surface area contributed by atoms with Gasteiger partial charge in [0.05, 0.1) is 24.5 Å². The van der Waals surface area contributed by atoms with E-state index in [4.69, 9.17) is 15.9 Å². The van der Waals surface area contributed by atoms with Crippen LogP contribution in [0.1, 0.15) is 30.9 Å². The molecule has 1 heterocycles. The number of nitrogens with two attached hydrogens (primary N) is 1. The van der Waals surface area contributed by atoms with Crippen molar-refractivity contribution in [3.8, 4) is 11.5 Å². The van der Waals surface area contributed by atoms with Crippen LogP contribution in [0.2, 0.25) is 0 Å². The number of benzene rings is 2. The number of hydrogen-bond acceptors (Lipinski definition) is 6. The number of nitrogens with one attached hydrogen (secondary N) is 1. The van der Waals surface area contributed by atoms with Gasteiger partial charge in [0.15, 0.2) is 0 Å². The highest BCUT2D eigenvalue weighted by molar-refractivity contribution is 6.22. The summed E-state index contributed by atoms with van der Waals surface area (Å²) in [6.07, 6.45) is 1.95. The molecule has 3 rings (SSSR count). The predicted molar refractivity (Wildman–Crippen MR) is 134 cm³/mol. The van der Waals surface area contributed by atoms with Crippen LogP contribution in [0.15, 0.2) is 42.6 Å². The van der Waals surface area contributed by atoms with Crippen LogP contribution in [0.3, 0.4) is 0 Å². The number of likely N-dealkylation sites (N-methyl/N-ethyl adjacent to an activating group) is 1. The van der Waals surface area contributed by atoms with Crippen LogP contribution in [0.25, 0.3) is 10.9 Å². The van der Waals surface area contributed by atoms with Gasteiger partial charge in [-0.3, -0.25) is 5.41 Å². The van der Waals surface area contributed by atoms with Crippen LogP contribution in [0.5, 0.6) is 11.5 Å². The van der Waals surface area contributed by atoms with Gasteiger partial charge in [-0.05, 0) is 55.9 Å². The molecule has 0 aliphatic heterocycles. The summed E-state index contributed by atoms with van der Waals surface area (Å²) in [6.45, 7) is 6.56. The van der Waals surface area contributed by atoms with E-state index in [1.54, 1.807) is 12.1 Å². The van der Waals surface area contributed by atoms with Crippen LogP contribution in [0, 0.1) is 5.41 Å². The van der Waals surface area contributed by atoms with E-state index in [0.717, 1.165) is 22.3 Å². The number of rotatable bonds is 9. The molecule has 0 spiro atoms. The first-order valence-electron chi connectivity index (χ1n) is 11.2. The van der Waals surface area contributed by atoms with E-state index in [2.05, 4.69) is 9.47 Å². The number of urea groups is 1. The molecule has 0 saturated carbocycles. The summed E-state index contributed by atoms with van der Waals surface area (Å²) in [4.78, 5) is 15.5. The Kier molecular flexibility index (Phi) is 7.80. The summed E-state index contributed by atoms with van der Waals surface area (Å²) >= 11 is 0. The number of aromatic hydroxyl groups is 2. The van der Waals surface area contributed by atoms with Crippen molar-refractivity contribution in [2.24, 2.45) is 5.73 Å². The van der Waals surface area contributed by atoms with Crippen molar-refractivity contribution >= 4 is 28.5 Å². The number of amides is 2. The average Bonchev–Trinajstić information content (AvgIpc) is 3.15. The Hall–Kier alpha value is -3.56. The number of ether oxygens (including phenoxy) is 1. The number of carbonyl (C=O) groups is 1. The smallest absolute Gasteiger partial charge is 0.325 e. The summed E-state index contributed by atoms with van der Waals surface area (Å²) in [6, 6.07) is 9.13. The number of primary amides is 1.